The molecule has 3 aliphatic heterocycles. The Morgan fingerprint density at radius 3 is 1.55 bits per heavy atom. The Morgan fingerprint density at radius 1 is 0.474 bits per heavy atom. The van der Waals surface area contributed by atoms with Gasteiger partial charge in [-0.1, -0.05) is 42.5 Å². The maximum atomic E-state index is 13.5. The molecule has 3 saturated heterocycles. The smallest absolute Gasteiger partial charge is 0.383 e. The summed E-state index contributed by atoms with van der Waals surface area (Å²) in [5.41, 5.74) is 16.2. The van der Waals surface area contributed by atoms with Crippen molar-refractivity contribution < 1.29 is 58.1 Å². The number of alkyl halides is 6. The normalized spacial score (nSPS) is 15.2. The number of hydrogen-bond donors (Lipinski definition) is 7. The zero-order chi connectivity index (χ0) is 79.2. The van der Waals surface area contributed by atoms with Crippen molar-refractivity contribution in [1.82, 2.24) is 79.5 Å². The lowest BCUT2D eigenvalue weighted by atomic mass is 9.91. The first-order chi connectivity index (χ1) is 55.1. The molecule has 0 spiro atoms. The minimum absolute atomic E-state index is 0.0339. The van der Waals surface area contributed by atoms with Gasteiger partial charge in [0.05, 0.1) is 39.1 Å². The van der Waals surface area contributed by atoms with Crippen LogP contribution < -0.4 is 16.9 Å². The van der Waals surface area contributed by atoms with Crippen LogP contribution in [0.3, 0.4) is 0 Å². The Morgan fingerprint density at radius 2 is 0.974 bits per heavy atom. The molecule has 6 aromatic carbocycles. The molecule has 11 heterocycles. The molecular weight excluding hydrogens is 1490 g/mol. The molecule has 8 aromatic heterocycles. The van der Waals surface area contributed by atoms with Gasteiger partial charge in [-0.25, -0.2) is 32.2 Å². The molecule has 8 N–H and O–H groups in total. The summed E-state index contributed by atoms with van der Waals surface area (Å²) in [6.07, 6.45) is 4.91. The second-order valence-corrected chi connectivity index (χ2v) is 28.8. The number of aryl methyl sites for hydroxylation is 2. The molecule has 18 rings (SSSR count). The number of anilines is 1. The van der Waals surface area contributed by atoms with E-state index in [2.05, 4.69) is 50.5 Å². The average molecular weight is 1570 g/mol. The van der Waals surface area contributed by atoms with Gasteiger partial charge in [-0.2, -0.15) is 60.8 Å². The molecule has 14 aromatic rings. The van der Waals surface area contributed by atoms with Gasteiger partial charge in [-0.05, 0) is 222 Å². The zero-order valence-electron chi connectivity index (χ0n) is 61.4. The lowest BCUT2D eigenvalue weighted by Crippen LogP contribution is -2.23. The summed E-state index contributed by atoms with van der Waals surface area (Å²) in [5.74, 6) is 1.42. The Bertz CT molecular complexity index is 5680. The maximum absolute atomic E-state index is 13.5. The topological polar surface area (TPSA) is 280 Å². The number of rotatable bonds is 18. The maximum Gasteiger partial charge on any atom is 0.432 e. The van der Waals surface area contributed by atoms with E-state index < -0.39 is 29.6 Å². The van der Waals surface area contributed by atoms with Gasteiger partial charge in [-0.3, -0.25) is 30.0 Å². The fourth-order valence-electron chi connectivity index (χ4n) is 14.5. The van der Waals surface area contributed by atoms with Gasteiger partial charge in [0, 0.05) is 103 Å². The summed E-state index contributed by atoms with van der Waals surface area (Å²) in [6, 6.07) is 41.3. The van der Waals surface area contributed by atoms with Crippen molar-refractivity contribution >= 4 is 27.9 Å². The highest BCUT2D eigenvalue weighted by atomic mass is 19.4. The van der Waals surface area contributed by atoms with Gasteiger partial charge in [0.2, 0.25) is 11.9 Å². The van der Waals surface area contributed by atoms with Crippen molar-refractivity contribution in [3.8, 4) is 57.3 Å². The SMILES string of the molecule is Fc1ccc(-c2nn(-c3cc(C(F)(F)F)[nH]n3)cc2CCc2ccccc2)cc1.Nc1c(CCC2CCOCC2)c(-c2ccc(F)cc2)nn1-c1cc(C(F)(F)F)[nH]n1.O=c1c(CC2CCOCC2)c(-c2ccc(F)cc2)[nH]n1-c1nc2ccc(F)cc2[nH]1.O=c1c(CC2CCOCC2)c(C2CC2)[nH]n1-c1nc2ccccc2[nH]1. The highest BCUT2D eigenvalue weighted by Gasteiger charge is 2.37. The Hall–Kier alpha value is -11.9. The number of nitrogens with zero attached hydrogens (tertiary/aromatic N) is 10. The Labute approximate surface area is 644 Å². The van der Waals surface area contributed by atoms with E-state index in [0.29, 0.717) is 112 Å². The molecule has 0 unspecified atom stereocenters. The van der Waals surface area contributed by atoms with Crippen LogP contribution in [0.1, 0.15) is 109 Å². The number of benzene rings is 6. The van der Waals surface area contributed by atoms with E-state index in [-0.39, 0.29) is 52.0 Å². The van der Waals surface area contributed by atoms with Crippen molar-refractivity contribution in [3.63, 3.8) is 0 Å². The zero-order valence-corrected chi connectivity index (χ0v) is 61.4. The summed E-state index contributed by atoms with van der Waals surface area (Å²) in [6.45, 7) is 4.43. The molecule has 0 atom stereocenters. The number of aromatic nitrogens is 16. The Balaban J connectivity index is 0.000000120. The van der Waals surface area contributed by atoms with Crippen LogP contribution in [0.4, 0.5) is 49.7 Å². The highest BCUT2D eigenvalue weighted by molar-refractivity contribution is 5.77. The molecule has 0 radical (unpaired) electrons. The van der Waals surface area contributed by atoms with Crippen LogP contribution in [0.5, 0.6) is 0 Å². The van der Waals surface area contributed by atoms with E-state index >= 15 is 0 Å². The number of halogens is 10. The molecule has 0 amide bonds. The third-order valence-electron chi connectivity index (χ3n) is 20.9. The molecule has 592 valence electrons. The molecule has 1 aliphatic carbocycles. The summed E-state index contributed by atoms with van der Waals surface area (Å²) < 4.78 is 153. The molecule has 114 heavy (non-hydrogen) atoms. The Kier molecular flexibility index (Phi) is 23.0. The molecular formula is C82H79F10N17O5. The van der Waals surface area contributed by atoms with E-state index in [4.69, 9.17) is 19.9 Å². The molecule has 22 nitrogen and oxygen atoms in total. The third kappa shape index (κ3) is 18.1. The van der Waals surface area contributed by atoms with Crippen molar-refractivity contribution in [2.24, 2.45) is 17.8 Å². The lowest BCUT2D eigenvalue weighted by Gasteiger charge is -2.21. The minimum atomic E-state index is -4.56. The van der Waals surface area contributed by atoms with Crippen LogP contribution in [0.25, 0.3) is 79.4 Å². The minimum Gasteiger partial charge on any atom is -0.383 e. The van der Waals surface area contributed by atoms with Crippen molar-refractivity contribution in [1.29, 1.82) is 0 Å². The summed E-state index contributed by atoms with van der Waals surface area (Å²) >= 11 is 0. The number of nitrogen functional groups attached to an aromatic ring is 1. The predicted octanol–water partition coefficient (Wildman–Crippen LogP) is 16.4. The van der Waals surface area contributed by atoms with Crippen LogP contribution in [-0.4, -0.2) is 119 Å². The lowest BCUT2D eigenvalue weighted by molar-refractivity contribution is -0.142. The van der Waals surface area contributed by atoms with Crippen LogP contribution >= 0.6 is 0 Å². The number of hydrogen-bond acceptors (Lipinski definition) is 12. The average Bonchev–Trinajstić information content (AvgIpc) is 1.63. The monoisotopic (exact) mass is 1570 g/mol. The number of fused-ring (bicyclic) bond motifs is 2. The quantitative estimate of drug-likeness (QED) is 0.0395. The van der Waals surface area contributed by atoms with Crippen LogP contribution in [0.2, 0.25) is 0 Å². The van der Waals surface area contributed by atoms with E-state index in [1.54, 1.807) is 53.3 Å². The predicted molar refractivity (Wildman–Crippen MR) is 406 cm³/mol. The number of nitrogens with one attached hydrogen (secondary N) is 6. The van der Waals surface area contributed by atoms with E-state index in [9.17, 15) is 53.5 Å². The molecule has 32 heteroatoms. The first kappa shape index (κ1) is 77.4. The third-order valence-corrected chi connectivity index (χ3v) is 20.9. The first-order valence-electron chi connectivity index (χ1n) is 37.7. The van der Waals surface area contributed by atoms with Crippen LogP contribution in [0, 0.1) is 41.0 Å². The van der Waals surface area contributed by atoms with Gasteiger partial charge >= 0.3 is 12.4 Å². The van der Waals surface area contributed by atoms with E-state index in [1.807, 2.05) is 64.8 Å². The molecule has 1 saturated carbocycles. The van der Waals surface area contributed by atoms with Gasteiger partial charge in [0.25, 0.3) is 11.1 Å². The van der Waals surface area contributed by atoms with Gasteiger partial charge in [0.1, 0.15) is 40.5 Å². The van der Waals surface area contributed by atoms with E-state index in [1.165, 1.54) is 75.4 Å². The van der Waals surface area contributed by atoms with E-state index in [0.717, 1.165) is 135 Å². The second-order valence-electron chi connectivity index (χ2n) is 28.8. The number of ether oxygens (including phenoxy) is 3. The summed E-state index contributed by atoms with van der Waals surface area (Å²) in [4.78, 5) is 41.7. The number of nitrogens with two attached hydrogens (primary N) is 1. The highest BCUT2D eigenvalue weighted by Crippen LogP contribution is 2.42. The van der Waals surface area contributed by atoms with Crippen molar-refractivity contribution in [2.45, 2.75) is 108 Å². The molecule has 0 bridgehead atoms. The first-order valence-corrected chi connectivity index (χ1v) is 37.7. The van der Waals surface area contributed by atoms with Gasteiger partial charge < -0.3 is 29.9 Å². The van der Waals surface area contributed by atoms with Gasteiger partial charge in [-0.15, -0.1) is 0 Å². The standard InChI is InChI=1S/C22H20F2N4O2.C21H16F4N4.C20H21F4N5O.C19H22N4O2/c23-15-3-1-14(2-4-15)20-17(11-13-7-9-30-10-8-13)21(29)28(27-20)22-25-18-6-5-16(24)12-19(18)26-22;22-17-10-8-15(9-11-17)20-16(7-6-14-4-2-1-3-5-14)13-29(28-20)19-12-18(26-27-19)21(23,24)25;21-14-4-2-13(3-5-14)18-15(6-1-12-7-9-30-10-8-12)19(25)29(28-18)17-11-16(26-27-17)20(22,23)24;24-18-14(11-12-7-9-25-10-8-12)17(13-5-6-13)22-23(18)19-20-15-3-1-2-4-16(15)21-19/h1-6,12-13,27H,7-11H2,(H,25,26);1-5,8-13H,6-7H2,(H,26,27);2-5,11-12H,1,6-10,25H2,(H,26,27);1-4,12-13,22H,5-11H2,(H,20,21). The van der Waals surface area contributed by atoms with Crippen molar-refractivity contribution in [3.05, 3.63) is 253 Å². The summed E-state index contributed by atoms with van der Waals surface area (Å²) in [5, 5.41) is 26.8. The number of aromatic amines is 6. The second kappa shape index (κ2) is 33.8. The number of imidazole rings is 2. The van der Waals surface area contributed by atoms with Crippen LogP contribution in [-0.2, 0) is 58.7 Å². The molecule has 4 aliphatic rings. The van der Waals surface area contributed by atoms with Crippen LogP contribution in [0.15, 0.2) is 174 Å². The fraction of sp³-hybridized carbons (Fsp3) is 0.317. The largest absolute Gasteiger partial charge is 0.432 e. The fourth-order valence-corrected chi connectivity index (χ4v) is 14.5. The molecule has 4 fully saturated rings. The van der Waals surface area contributed by atoms with Crippen molar-refractivity contribution in [2.75, 3.05) is 45.4 Å². The number of H-pyrrole nitrogens is 6. The number of para-hydroxylation sites is 2. The summed E-state index contributed by atoms with van der Waals surface area (Å²) in [7, 11) is 0. The van der Waals surface area contributed by atoms with Gasteiger partial charge in [0.15, 0.2) is 11.6 Å².